The molecule has 1 aliphatic rings. The van der Waals surface area contributed by atoms with Gasteiger partial charge in [0.25, 0.3) is 0 Å². The Morgan fingerprint density at radius 2 is 1.77 bits per heavy atom. The molecule has 1 aromatic carbocycles. The first kappa shape index (κ1) is 21.1. The van der Waals surface area contributed by atoms with Crippen molar-refractivity contribution in [3.05, 3.63) is 29.8 Å². The highest BCUT2D eigenvalue weighted by molar-refractivity contribution is 7.89. The van der Waals surface area contributed by atoms with E-state index in [0.717, 1.165) is 44.0 Å². The molecule has 1 fully saturated rings. The summed E-state index contributed by atoms with van der Waals surface area (Å²) in [6.07, 6.45) is 0. The van der Waals surface area contributed by atoms with E-state index >= 15 is 0 Å². The average molecular weight is 386 g/mol. The van der Waals surface area contributed by atoms with Crippen molar-refractivity contribution in [2.24, 2.45) is 0 Å². The maximum atomic E-state index is 12.2. The number of rotatable bonds is 10. The second-order valence-corrected chi connectivity index (χ2v) is 8.35. The third-order valence-electron chi connectivity index (χ3n) is 4.85. The molecular formula is C18H31N3O4S. The number of hydrogen-bond donors (Lipinski definition) is 1. The van der Waals surface area contributed by atoms with E-state index in [2.05, 4.69) is 21.4 Å². The lowest BCUT2D eigenvalue weighted by Gasteiger charge is -2.39. The van der Waals surface area contributed by atoms with Crippen LogP contribution in [0.1, 0.15) is 18.5 Å². The second-order valence-electron chi connectivity index (χ2n) is 6.42. The molecule has 1 heterocycles. The van der Waals surface area contributed by atoms with Gasteiger partial charge in [0.05, 0.1) is 19.5 Å². The van der Waals surface area contributed by atoms with E-state index in [1.165, 1.54) is 7.11 Å². The van der Waals surface area contributed by atoms with Crippen molar-refractivity contribution in [2.45, 2.75) is 13.0 Å². The van der Waals surface area contributed by atoms with Crippen LogP contribution in [0.2, 0.25) is 0 Å². The fraction of sp³-hybridized carbons (Fsp3) is 0.667. The molecule has 0 spiro atoms. The van der Waals surface area contributed by atoms with Crippen molar-refractivity contribution in [3.8, 4) is 5.75 Å². The van der Waals surface area contributed by atoms with Gasteiger partial charge in [0.15, 0.2) is 0 Å². The molecule has 0 radical (unpaired) electrons. The number of ether oxygens (including phenoxy) is 2. The average Bonchev–Trinajstić information content (AvgIpc) is 2.67. The fourth-order valence-electron chi connectivity index (χ4n) is 3.15. The van der Waals surface area contributed by atoms with Crippen molar-refractivity contribution >= 4 is 10.0 Å². The minimum Gasteiger partial charge on any atom is -0.497 e. The lowest BCUT2D eigenvalue weighted by Crippen LogP contribution is -2.49. The Hall–Kier alpha value is -1.19. The Kier molecular flexibility index (Phi) is 8.30. The zero-order valence-electron chi connectivity index (χ0n) is 16.0. The number of benzene rings is 1. The maximum absolute atomic E-state index is 12.2. The molecule has 1 aliphatic heterocycles. The third-order valence-corrected chi connectivity index (χ3v) is 6.16. The highest BCUT2D eigenvalue weighted by atomic mass is 32.2. The molecule has 1 saturated heterocycles. The van der Waals surface area contributed by atoms with Crippen LogP contribution in [-0.4, -0.2) is 84.1 Å². The molecule has 1 atom stereocenters. The van der Waals surface area contributed by atoms with Gasteiger partial charge in [0.1, 0.15) is 5.75 Å². The van der Waals surface area contributed by atoms with Crippen molar-refractivity contribution < 1.29 is 17.9 Å². The van der Waals surface area contributed by atoms with Crippen LogP contribution in [0.3, 0.4) is 0 Å². The quantitative estimate of drug-likeness (QED) is 0.646. The monoisotopic (exact) mass is 385 g/mol. The van der Waals surface area contributed by atoms with Crippen LogP contribution in [0.25, 0.3) is 0 Å². The van der Waals surface area contributed by atoms with Crippen LogP contribution in [-0.2, 0) is 14.8 Å². The number of nitrogens with one attached hydrogen (secondary N) is 1. The van der Waals surface area contributed by atoms with Gasteiger partial charge in [-0.3, -0.25) is 4.90 Å². The van der Waals surface area contributed by atoms with E-state index < -0.39 is 10.0 Å². The summed E-state index contributed by atoms with van der Waals surface area (Å²) in [6, 6.07) is 7.86. The minimum absolute atomic E-state index is 0.00256. The molecule has 1 aromatic rings. The summed E-state index contributed by atoms with van der Waals surface area (Å²) >= 11 is 0. The molecule has 0 aromatic heterocycles. The van der Waals surface area contributed by atoms with Crippen LogP contribution >= 0.6 is 0 Å². The Morgan fingerprint density at radius 3 is 2.31 bits per heavy atom. The molecule has 7 nitrogen and oxygen atoms in total. The number of methoxy groups -OCH3 is 2. The second kappa shape index (κ2) is 10.2. The van der Waals surface area contributed by atoms with Crippen LogP contribution in [0.5, 0.6) is 5.75 Å². The Morgan fingerprint density at radius 1 is 1.12 bits per heavy atom. The van der Waals surface area contributed by atoms with Gasteiger partial charge in [-0.2, -0.15) is 0 Å². The summed E-state index contributed by atoms with van der Waals surface area (Å²) in [6.45, 7) is 7.60. The topological polar surface area (TPSA) is 71.1 Å². The first-order chi connectivity index (χ1) is 12.5. The number of likely N-dealkylation sites (N-methyl/N-ethyl adjacent to an activating group) is 1. The SMILES string of the molecule is CCN1CCN(C(CNS(=O)(=O)CCOC)c2ccc(OC)cc2)CC1. The summed E-state index contributed by atoms with van der Waals surface area (Å²) in [7, 11) is -0.208. The van der Waals surface area contributed by atoms with Crippen molar-refractivity contribution in [1.82, 2.24) is 14.5 Å². The summed E-state index contributed by atoms with van der Waals surface area (Å²) in [5.41, 5.74) is 1.09. The highest BCUT2D eigenvalue weighted by Gasteiger charge is 2.26. The van der Waals surface area contributed by atoms with Gasteiger partial charge in [0, 0.05) is 45.9 Å². The number of nitrogens with zero attached hydrogens (tertiary/aromatic N) is 2. The molecule has 26 heavy (non-hydrogen) atoms. The summed E-state index contributed by atoms with van der Waals surface area (Å²) < 4.78 is 37.2. The Labute approximate surface area is 157 Å². The first-order valence-electron chi connectivity index (χ1n) is 9.05. The Balaban J connectivity index is 2.10. The Bertz CT molecular complexity index is 628. The van der Waals surface area contributed by atoms with Crippen LogP contribution in [0.4, 0.5) is 0 Å². The fourth-order valence-corrected chi connectivity index (χ4v) is 4.09. The standard InChI is InChI=1S/C18H31N3O4S/c1-4-20-9-11-21(12-10-20)18(15-19-26(22,23)14-13-24-2)16-5-7-17(25-3)8-6-16/h5-8,18-19H,4,9-15H2,1-3H3. The molecule has 2 rings (SSSR count). The van der Waals surface area contributed by atoms with E-state index in [-0.39, 0.29) is 18.4 Å². The molecule has 1 N–H and O–H groups in total. The van der Waals surface area contributed by atoms with Gasteiger partial charge < -0.3 is 14.4 Å². The number of hydrogen-bond acceptors (Lipinski definition) is 6. The van der Waals surface area contributed by atoms with E-state index in [4.69, 9.17) is 9.47 Å². The first-order valence-corrected chi connectivity index (χ1v) is 10.7. The van der Waals surface area contributed by atoms with Crippen molar-refractivity contribution in [3.63, 3.8) is 0 Å². The zero-order chi connectivity index (χ0) is 19.0. The van der Waals surface area contributed by atoms with Gasteiger partial charge in [0.2, 0.25) is 10.0 Å². The molecule has 8 heteroatoms. The van der Waals surface area contributed by atoms with Crippen LogP contribution in [0.15, 0.2) is 24.3 Å². The molecule has 0 amide bonds. The van der Waals surface area contributed by atoms with Gasteiger partial charge in [-0.05, 0) is 24.2 Å². The zero-order valence-corrected chi connectivity index (χ0v) is 16.8. The normalized spacial score (nSPS) is 18.0. The number of sulfonamides is 1. The van der Waals surface area contributed by atoms with Gasteiger partial charge in [-0.15, -0.1) is 0 Å². The van der Waals surface area contributed by atoms with Crippen molar-refractivity contribution in [1.29, 1.82) is 0 Å². The predicted molar refractivity (Wildman–Crippen MR) is 103 cm³/mol. The highest BCUT2D eigenvalue weighted by Crippen LogP contribution is 2.24. The smallest absolute Gasteiger partial charge is 0.213 e. The molecule has 0 aliphatic carbocycles. The van der Waals surface area contributed by atoms with Crippen LogP contribution in [0, 0.1) is 0 Å². The van der Waals surface area contributed by atoms with Gasteiger partial charge in [-0.1, -0.05) is 19.1 Å². The summed E-state index contributed by atoms with van der Waals surface area (Å²) in [5, 5.41) is 0. The predicted octanol–water partition coefficient (Wildman–Crippen LogP) is 0.940. The van der Waals surface area contributed by atoms with E-state index in [0.29, 0.717) is 6.54 Å². The summed E-state index contributed by atoms with van der Waals surface area (Å²) in [4.78, 5) is 4.76. The van der Waals surface area contributed by atoms with Gasteiger partial charge >= 0.3 is 0 Å². The van der Waals surface area contributed by atoms with E-state index in [9.17, 15) is 8.42 Å². The third kappa shape index (κ3) is 6.21. The largest absolute Gasteiger partial charge is 0.497 e. The van der Waals surface area contributed by atoms with Crippen LogP contribution < -0.4 is 9.46 Å². The summed E-state index contributed by atoms with van der Waals surface area (Å²) in [5.74, 6) is 0.770. The lowest BCUT2D eigenvalue weighted by atomic mass is 10.0. The molecule has 0 bridgehead atoms. The van der Waals surface area contributed by atoms with E-state index in [1.54, 1.807) is 7.11 Å². The minimum atomic E-state index is -3.35. The van der Waals surface area contributed by atoms with E-state index in [1.807, 2.05) is 24.3 Å². The lowest BCUT2D eigenvalue weighted by molar-refractivity contribution is 0.100. The molecule has 148 valence electrons. The van der Waals surface area contributed by atoms with Gasteiger partial charge in [-0.25, -0.2) is 13.1 Å². The van der Waals surface area contributed by atoms with Crippen molar-refractivity contribution in [2.75, 3.05) is 65.8 Å². The maximum Gasteiger partial charge on any atom is 0.213 e. The number of piperazine rings is 1. The molecule has 1 unspecified atom stereocenters. The molecule has 0 saturated carbocycles. The molecular weight excluding hydrogens is 354 g/mol.